The van der Waals surface area contributed by atoms with E-state index in [1.54, 1.807) is 0 Å². The number of aliphatic hydroxyl groups is 1. The van der Waals surface area contributed by atoms with Crippen LogP contribution in [0.2, 0.25) is 0 Å². The number of hydrogen-bond donors (Lipinski definition) is 1. The van der Waals surface area contributed by atoms with Crippen LogP contribution in [-0.2, 0) is 4.74 Å². The zero-order valence-electron chi connectivity index (χ0n) is 11.1. The zero-order chi connectivity index (χ0) is 12.8. The molecule has 0 bridgehead atoms. The molecule has 3 nitrogen and oxygen atoms in total. The average molecular weight is 249 g/mol. The molecule has 1 aliphatic heterocycles. The minimum absolute atomic E-state index is 0.169. The highest BCUT2D eigenvalue weighted by Crippen LogP contribution is 2.31. The van der Waals surface area contributed by atoms with Crippen molar-refractivity contribution in [3.63, 3.8) is 0 Å². The third kappa shape index (κ3) is 3.55. The fraction of sp³-hybridized carbons (Fsp3) is 0.600. The quantitative estimate of drug-likeness (QED) is 0.887. The molecule has 1 aromatic carbocycles. The van der Waals surface area contributed by atoms with Crippen molar-refractivity contribution in [3.8, 4) is 0 Å². The lowest BCUT2D eigenvalue weighted by molar-refractivity contribution is 0.0261. The summed E-state index contributed by atoms with van der Waals surface area (Å²) < 4.78 is 6.05. The minimum Gasteiger partial charge on any atom is -0.396 e. The van der Waals surface area contributed by atoms with Crippen LogP contribution in [-0.4, -0.2) is 43.4 Å². The van der Waals surface area contributed by atoms with Crippen LogP contribution in [0.5, 0.6) is 0 Å². The Hall–Kier alpha value is -0.900. The molecule has 0 aliphatic carbocycles. The average Bonchev–Trinajstić information content (AvgIpc) is 2.59. The van der Waals surface area contributed by atoms with E-state index in [4.69, 9.17) is 9.84 Å². The van der Waals surface area contributed by atoms with Crippen LogP contribution in [0.3, 0.4) is 0 Å². The summed E-state index contributed by atoms with van der Waals surface area (Å²) in [6.07, 6.45) is 2.04. The van der Waals surface area contributed by atoms with Gasteiger partial charge in [0, 0.05) is 25.6 Å². The number of aliphatic hydroxyl groups excluding tert-OH is 1. The first-order chi connectivity index (χ1) is 8.81. The Balaban J connectivity index is 2.12. The number of nitrogens with zero attached hydrogens (tertiary/aromatic N) is 1. The smallest absolute Gasteiger partial charge is 0.0865 e. The molecule has 1 heterocycles. The Bertz CT molecular complexity index is 342. The first-order valence-corrected chi connectivity index (χ1v) is 6.77. The van der Waals surface area contributed by atoms with Crippen LogP contribution in [0.15, 0.2) is 30.3 Å². The first kappa shape index (κ1) is 13.5. The second kappa shape index (κ2) is 6.88. The van der Waals surface area contributed by atoms with E-state index in [0.717, 1.165) is 32.5 Å². The van der Waals surface area contributed by atoms with Gasteiger partial charge in [-0.3, -0.25) is 0 Å². The molecule has 0 spiro atoms. The predicted molar refractivity (Wildman–Crippen MR) is 72.4 cm³/mol. The highest BCUT2D eigenvalue weighted by Gasteiger charge is 2.27. The monoisotopic (exact) mass is 249 g/mol. The van der Waals surface area contributed by atoms with Gasteiger partial charge in [0.05, 0.1) is 12.7 Å². The van der Waals surface area contributed by atoms with Gasteiger partial charge in [0.1, 0.15) is 0 Å². The van der Waals surface area contributed by atoms with Gasteiger partial charge >= 0.3 is 0 Å². The molecule has 0 saturated carbocycles. The van der Waals surface area contributed by atoms with Crippen molar-refractivity contribution >= 4 is 0 Å². The number of likely N-dealkylation sites (N-methyl/N-ethyl adjacent to an activating group) is 1. The van der Waals surface area contributed by atoms with Crippen LogP contribution in [0.4, 0.5) is 0 Å². The molecule has 3 heteroatoms. The Morgan fingerprint density at radius 2 is 2.11 bits per heavy atom. The molecule has 2 atom stereocenters. The van der Waals surface area contributed by atoms with Crippen LogP contribution in [0, 0.1) is 5.92 Å². The summed E-state index contributed by atoms with van der Waals surface area (Å²) >= 11 is 0. The maximum Gasteiger partial charge on any atom is 0.0865 e. The summed E-state index contributed by atoms with van der Waals surface area (Å²) in [6.45, 7) is 3.08. The summed E-state index contributed by atoms with van der Waals surface area (Å²) in [7, 11) is 2.14. The van der Waals surface area contributed by atoms with Gasteiger partial charge in [0.25, 0.3) is 0 Å². The van der Waals surface area contributed by atoms with Crippen molar-refractivity contribution in [2.75, 3.05) is 33.4 Å². The zero-order valence-corrected chi connectivity index (χ0v) is 11.1. The van der Waals surface area contributed by atoms with E-state index in [2.05, 4.69) is 36.2 Å². The maximum atomic E-state index is 9.04. The van der Waals surface area contributed by atoms with Gasteiger partial charge < -0.3 is 14.7 Å². The fourth-order valence-electron chi connectivity index (χ4n) is 2.67. The Kier molecular flexibility index (Phi) is 5.17. The second-order valence-electron chi connectivity index (χ2n) is 5.09. The van der Waals surface area contributed by atoms with Crippen LogP contribution >= 0.6 is 0 Å². The molecule has 0 radical (unpaired) electrons. The summed E-state index contributed by atoms with van der Waals surface area (Å²) in [5, 5.41) is 9.04. The van der Waals surface area contributed by atoms with Crippen molar-refractivity contribution in [2.24, 2.45) is 5.92 Å². The highest BCUT2D eigenvalue weighted by molar-refractivity contribution is 5.18. The molecule has 1 saturated heterocycles. The molecule has 2 rings (SSSR count). The summed E-state index contributed by atoms with van der Waals surface area (Å²) in [6, 6.07) is 10.5. The van der Waals surface area contributed by atoms with Crippen LogP contribution < -0.4 is 0 Å². The van der Waals surface area contributed by atoms with Gasteiger partial charge in [-0.2, -0.15) is 0 Å². The number of hydrogen-bond acceptors (Lipinski definition) is 3. The van der Waals surface area contributed by atoms with Gasteiger partial charge in [0.2, 0.25) is 0 Å². The normalized spacial score (nSPS) is 25.9. The topological polar surface area (TPSA) is 32.7 Å². The third-order valence-electron chi connectivity index (χ3n) is 3.61. The van der Waals surface area contributed by atoms with Crippen molar-refractivity contribution in [1.82, 2.24) is 4.90 Å². The molecule has 100 valence electrons. The minimum atomic E-state index is 0.169. The summed E-state index contributed by atoms with van der Waals surface area (Å²) in [4.78, 5) is 2.32. The lowest BCUT2D eigenvalue weighted by Gasteiger charge is -2.26. The Labute approximate surface area is 109 Å². The summed E-state index contributed by atoms with van der Waals surface area (Å²) in [5.41, 5.74) is 1.26. The molecular weight excluding hydrogens is 226 g/mol. The van der Waals surface area contributed by atoms with Gasteiger partial charge in [-0.15, -0.1) is 0 Å². The molecular formula is C15H23NO2. The van der Waals surface area contributed by atoms with Gasteiger partial charge in [0.15, 0.2) is 0 Å². The predicted octanol–water partition coefficient (Wildman–Crippen LogP) is 2.08. The third-order valence-corrected chi connectivity index (χ3v) is 3.61. The SMILES string of the molecule is CN1CCOC(c2ccccc2)C(CCCO)C1. The van der Waals surface area contributed by atoms with E-state index in [-0.39, 0.29) is 12.7 Å². The highest BCUT2D eigenvalue weighted by atomic mass is 16.5. The van der Waals surface area contributed by atoms with E-state index >= 15 is 0 Å². The van der Waals surface area contributed by atoms with Crippen molar-refractivity contribution < 1.29 is 9.84 Å². The van der Waals surface area contributed by atoms with Crippen molar-refractivity contribution in [3.05, 3.63) is 35.9 Å². The Morgan fingerprint density at radius 3 is 2.83 bits per heavy atom. The lowest BCUT2D eigenvalue weighted by atomic mass is 9.91. The maximum absolute atomic E-state index is 9.04. The number of ether oxygens (including phenoxy) is 1. The van der Waals surface area contributed by atoms with Crippen molar-refractivity contribution in [2.45, 2.75) is 18.9 Å². The van der Waals surface area contributed by atoms with E-state index in [1.807, 2.05) is 6.07 Å². The molecule has 1 aromatic rings. The molecule has 2 unspecified atom stereocenters. The van der Waals surface area contributed by atoms with Crippen LogP contribution in [0.1, 0.15) is 24.5 Å². The molecule has 0 aromatic heterocycles. The van der Waals surface area contributed by atoms with Crippen LogP contribution in [0.25, 0.3) is 0 Å². The molecule has 1 aliphatic rings. The fourth-order valence-corrected chi connectivity index (χ4v) is 2.67. The van der Waals surface area contributed by atoms with Gasteiger partial charge in [-0.05, 0) is 25.5 Å². The molecule has 1 fully saturated rings. The summed E-state index contributed by atoms with van der Waals surface area (Å²) in [5.74, 6) is 0.465. The lowest BCUT2D eigenvalue weighted by Crippen LogP contribution is -2.27. The number of rotatable bonds is 4. The van der Waals surface area contributed by atoms with E-state index in [9.17, 15) is 0 Å². The van der Waals surface area contributed by atoms with E-state index in [0.29, 0.717) is 5.92 Å². The molecule has 18 heavy (non-hydrogen) atoms. The largest absolute Gasteiger partial charge is 0.396 e. The van der Waals surface area contributed by atoms with E-state index in [1.165, 1.54) is 5.56 Å². The Morgan fingerprint density at radius 1 is 1.33 bits per heavy atom. The standard InChI is InChI=1S/C15H23NO2/c1-16-9-11-18-15(13-6-3-2-4-7-13)14(12-16)8-5-10-17/h2-4,6-7,14-15,17H,5,8-12H2,1H3. The number of benzene rings is 1. The second-order valence-corrected chi connectivity index (χ2v) is 5.09. The van der Waals surface area contributed by atoms with Gasteiger partial charge in [-0.1, -0.05) is 30.3 Å². The van der Waals surface area contributed by atoms with E-state index < -0.39 is 0 Å². The van der Waals surface area contributed by atoms with Crippen molar-refractivity contribution in [1.29, 1.82) is 0 Å². The van der Waals surface area contributed by atoms with Gasteiger partial charge in [-0.25, -0.2) is 0 Å². The molecule has 1 N–H and O–H groups in total. The first-order valence-electron chi connectivity index (χ1n) is 6.77. The molecule has 0 amide bonds.